The molecule has 6 nitrogen and oxygen atoms in total. The SMILES string of the molecule is CCNC(=NCC(C)(C)NC(C)c1ccccc1)NCCCOCC1CCOC1. The Hall–Kier alpha value is -1.63. The van der Waals surface area contributed by atoms with Crippen molar-refractivity contribution in [3.05, 3.63) is 35.9 Å². The van der Waals surface area contributed by atoms with Crippen LogP contribution in [0.25, 0.3) is 0 Å². The predicted molar refractivity (Wildman–Crippen MR) is 120 cm³/mol. The molecule has 0 bridgehead atoms. The van der Waals surface area contributed by atoms with Crippen LogP contribution in [0.3, 0.4) is 0 Å². The molecule has 29 heavy (non-hydrogen) atoms. The lowest BCUT2D eigenvalue weighted by Crippen LogP contribution is -2.45. The normalized spacial score (nSPS) is 18.6. The molecular formula is C23H40N4O2. The van der Waals surface area contributed by atoms with Gasteiger partial charge in [-0.1, -0.05) is 30.3 Å². The van der Waals surface area contributed by atoms with E-state index in [0.29, 0.717) is 12.5 Å². The molecule has 3 N–H and O–H groups in total. The van der Waals surface area contributed by atoms with Gasteiger partial charge in [0, 0.05) is 43.8 Å². The number of aliphatic imine (C=N–C) groups is 1. The lowest BCUT2D eigenvalue weighted by atomic mass is 10.0. The van der Waals surface area contributed by atoms with Crippen LogP contribution in [-0.2, 0) is 9.47 Å². The number of rotatable bonds is 12. The van der Waals surface area contributed by atoms with E-state index in [-0.39, 0.29) is 11.6 Å². The van der Waals surface area contributed by atoms with Crippen LogP contribution in [0.1, 0.15) is 52.1 Å². The predicted octanol–water partition coefficient (Wildman–Crippen LogP) is 3.11. The molecule has 1 aliphatic heterocycles. The number of guanidine groups is 1. The zero-order valence-electron chi connectivity index (χ0n) is 18.7. The minimum atomic E-state index is -0.107. The Morgan fingerprint density at radius 3 is 2.76 bits per heavy atom. The number of nitrogens with one attached hydrogen (secondary N) is 3. The lowest BCUT2D eigenvalue weighted by molar-refractivity contribution is 0.0888. The van der Waals surface area contributed by atoms with Gasteiger partial charge in [-0.2, -0.15) is 0 Å². The summed E-state index contributed by atoms with van der Waals surface area (Å²) in [5, 5.41) is 10.4. The molecule has 1 aromatic rings. The van der Waals surface area contributed by atoms with E-state index in [4.69, 9.17) is 14.5 Å². The summed E-state index contributed by atoms with van der Waals surface area (Å²) in [5.41, 5.74) is 1.18. The molecule has 0 amide bonds. The minimum absolute atomic E-state index is 0.107. The first kappa shape index (κ1) is 23.6. The van der Waals surface area contributed by atoms with E-state index in [9.17, 15) is 0 Å². The molecule has 2 rings (SSSR count). The zero-order chi connectivity index (χ0) is 21.0. The largest absolute Gasteiger partial charge is 0.381 e. The quantitative estimate of drug-likeness (QED) is 0.284. The molecule has 6 heteroatoms. The fourth-order valence-electron chi connectivity index (χ4n) is 3.42. The molecule has 164 valence electrons. The van der Waals surface area contributed by atoms with Gasteiger partial charge in [-0.25, -0.2) is 0 Å². The van der Waals surface area contributed by atoms with Gasteiger partial charge in [-0.05, 0) is 46.1 Å². The molecule has 1 aromatic carbocycles. The van der Waals surface area contributed by atoms with Crippen LogP contribution in [0, 0.1) is 5.92 Å². The number of hydrogen-bond donors (Lipinski definition) is 3. The molecular weight excluding hydrogens is 364 g/mol. The summed E-state index contributed by atoms with van der Waals surface area (Å²) in [6, 6.07) is 10.8. The fourth-order valence-corrected chi connectivity index (χ4v) is 3.42. The third-order valence-electron chi connectivity index (χ3n) is 5.02. The van der Waals surface area contributed by atoms with E-state index >= 15 is 0 Å². The fraction of sp³-hybridized carbons (Fsp3) is 0.696. The van der Waals surface area contributed by atoms with Gasteiger partial charge in [-0.3, -0.25) is 4.99 Å². The van der Waals surface area contributed by atoms with Crippen molar-refractivity contribution in [1.82, 2.24) is 16.0 Å². The maximum atomic E-state index is 5.77. The first-order chi connectivity index (χ1) is 14.0. The number of ether oxygens (including phenoxy) is 2. The first-order valence-corrected chi connectivity index (χ1v) is 11.0. The Kier molecular flexibility index (Phi) is 10.5. The molecule has 2 atom stereocenters. The highest BCUT2D eigenvalue weighted by Crippen LogP contribution is 2.16. The number of nitrogens with zero attached hydrogens (tertiary/aromatic N) is 1. The molecule has 1 heterocycles. The summed E-state index contributed by atoms with van der Waals surface area (Å²) < 4.78 is 11.1. The average Bonchev–Trinajstić information content (AvgIpc) is 3.22. The maximum absolute atomic E-state index is 5.77. The lowest BCUT2D eigenvalue weighted by Gasteiger charge is -2.29. The van der Waals surface area contributed by atoms with Crippen LogP contribution in [0.4, 0.5) is 0 Å². The average molecular weight is 405 g/mol. The van der Waals surface area contributed by atoms with Gasteiger partial charge in [-0.15, -0.1) is 0 Å². The van der Waals surface area contributed by atoms with Gasteiger partial charge < -0.3 is 25.4 Å². The Morgan fingerprint density at radius 1 is 1.28 bits per heavy atom. The van der Waals surface area contributed by atoms with Crippen molar-refractivity contribution < 1.29 is 9.47 Å². The summed E-state index contributed by atoms with van der Waals surface area (Å²) in [5.74, 6) is 1.44. The highest BCUT2D eigenvalue weighted by Gasteiger charge is 2.20. The number of benzene rings is 1. The van der Waals surface area contributed by atoms with E-state index in [0.717, 1.165) is 58.3 Å². The van der Waals surface area contributed by atoms with E-state index in [2.05, 4.69) is 67.9 Å². The third kappa shape index (κ3) is 9.61. The van der Waals surface area contributed by atoms with Crippen molar-refractivity contribution in [2.45, 2.75) is 52.1 Å². The zero-order valence-corrected chi connectivity index (χ0v) is 18.7. The Labute approximate surface area is 176 Å². The van der Waals surface area contributed by atoms with Gasteiger partial charge in [0.25, 0.3) is 0 Å². The van der Waals surface area contributed by atoms with Crippen LogP contribution in [-0.4, -0.2) is 57.6 Å². The van der Waals surface area contributed by atoms with Gasteiger partial charge in [0.05, 0.1) is 19.8 Å². The van der Waals surface area contributed by atoms with Crippen molar-refractivity contribution in [2.24, 2.45) is 10.9 Å². The Morgan fingerprint density at radius 2 is 2.07 bits per heavy atom. The van der Waals surface area contributed by atoms with Crippen LogP contribution in [0.2, 0.25) is 0 Å². The second-order valence-corrected chi connectivity index (χ2v) is 8.44. The minimum Gasteiger partial charge on any atom is -0.381 e. The highest BCUT2D eigenvalue weighted by molar-refractivity contribution is 5.79. The molecule has 1 saturated heterocycles. The molecule has 0 saturated carbocycles. The maximum Gasteiger partial charge on any atom is 0.191 e. The monoisotopic (exact) mass is 404 g/mol. The Balaban J connectivity index is 1.70. The molecule has 0 aliphatic carbocycles. The number of hydrogen-bond acceptors (Lipinski definition) is 4. The van der Waals surface area contributed by atoms with Crippen LogP contribution in [0.15, 0.2) is 35.3 Å². The second kappa shape index (κ2) is 12.8. The second-order valence-electron chi connectivity index (χ2n) is 8.44. The van der Waals surface area contributed by atoms with Crippen molar-refractivity contribution in [3.63, 3.8) is 0 Å². The summed E-state index contributed by atoms with van der Waals surface area (Å²) in [6.07, 6.45) is 2.09. The van der Waals surface area contributed by atoms with Crippen molar-refractivity contribution in [2.75, 3.05) is 46.1 Å². The van der Waals surface area contributed by atoms with Gasteiger partial charge in [0.1, 0.15) is 0 Å². The highest BCUT2D eigenvalue weighted by atomic mass is 16.5. The molecule has 1 fully saturated rings. The molecule has 1 aliphatic rings. The molecule has 0 spiro atoms. The van der Waals surface area contributed by atoms with E-state index in [1.165, 1.54) is 5.56 Å². The van der Waals surface area contributed by atoms with Crippen LogP contribution < -0.4 is 16.0 Å². The van der Waals surface area contributed by atoms with Crippen LogP contribution in [0.5, 0.6) is 0 Å². The van der Waals surface area contributed by atoms with Crippen LogP contribution >= 0.6 is 0 Å². The molecule has 2 unspecified atom stereocenters. The summed E-state index contributed by atoms with van der Waals surface area (Å²) in [4.78, 5) is 4.79. The van der Waals surface area contributed by atoms with Gasteiger partial charge >= 0.3 is 0 Å². The summed E-state index contributed by atoms with van der Waals surface area (Å²) >= 11 is 0. The standard InChI is InChI=1S/C23H40N4O2/c1-5-24-22(25-13-9-14-28-16-20-12-15-29-17-20)26-18-23(3,4)27-19(2)21-10-7-6-8-11-21/h6-8,10-11,19-20,27H,5,9,12-18H2,1-4H3,(H2,24,25,26). The van der Waals surface area contributed by atoms with Crippen molar-refractivity contribution >= 4 is 5.96 Å². The topological polar surface area (TPSA) is 66.9 Å². The third-order valence-corrected chi connectivity index (χ3v) is 5.02. The molecule has 0 radical (unpaired) electrons. The first-order valence-electron chi connectivity index (χ1n) is 11.0. The summed E-state index contributed by atoms with van der Waals surface area (Å²) in [7, 11) is 0. The van der Waals surface area contributed by atoms with Gasteiger partial charge in [0.15, 0.2) is 5.96 Å². The van der Waals surface area contributed by atoms with E-state index in [1.54, 1.807) is 0 Å². The smallest absolute Gasteiger partial charge is 0.191 e. The Bertz CT molecular complexity index is 586. The summed E-state index contributed by atoms with van der Waals surface area (Å²) in [6.45, 7) is 14.4. The molecule has 0 aromatic heterocycles. The van der Waals surface area contributed by atoms with Gasteiger partial charge in [0.2, 0.25) is 0 Å². The van der Waals surface area contributed by atoms with E-state index in [1.807, 2.05) is 6.07 Å². The van der Waals surface area contributed by atoms with Crippen molar-refractivity contribution in [1.29, 1.82) is 0 Å². The van der Waals surface area contributed by atoms with Crippen molar-refractivity contribution in [3.8, 4) is 0 Å². The van der Waals surface area contributed by atoms with E-state index < -0.39 is 0 Å².